The third-order valence-electron chi connectivity index (χ3n) is 5.89. The Bertz CT molecular complexity index is 733. The van der Waals surface area contributed by atoms with Crippen LogP contribution in [0.15, 0.2) is 42.5 Å². The molecule has 176 valence electrons. The van der Waals surface area contributed by atoms with Gasteiger partial charge < -0.3 is 14.8 Å². The Morgan fingerprint density at radius 1 is 1.22 bits per heavy atom. The number of benzene rings is 1. The van der Waals surface area contributed by atoms with Crippen molar-refractivity contribution in [3.8, 4) is 0 Å². The molecule has 6 heteroatoms. The average Bonchev–Trinajstić information content (AvgIpc) is 2.79. The van der Waals surface area contributed by atoms with Crippen molar-refractivity contribution in [1.82, 2.24) is 5.32 Å². The number of cyclic esters (lactones) is 1. The van der Waals surface area contributed by atoms with E-state index in [-0.39, 0.29) is 24.1 Å². The molecule has 1 aromatic carbocycles. The van der Waals surface area contributed by atoms with E-state index in [4.69, 9.17) is 9.47 Å². The van der Waals surface area contributed by atoms with Crippen LogP contribution in [-0.4, -0.2) is 36.6 Å². The molecule has 1 aromatic rings. The number of nitrogens with one attached hydrogen (secondary N) is 1. The van der Waals surface area contributed by atoms with Gasteiger partial charge in [0, 0.05) is 12.8 Å². The number of amides is 1. The second-order valence-electron chi connectivity index (χ2n) is 8.40. The first-order chi connectivity index (χ1) is 15.6. The lowest BCUT2D eigenvalue weighted by Gasteiger charge is -2.37. The number of esters is 2. The molecule has 2 rings (SSSR count). The summed E-state index contributed by atoms with van der Waals surface area (Å²) in [5, 5.41) is 2.59. The van der Waals surface area contributed by atoms with Crippen LogP contribution < -0.4 is 5.32 Å². The smallest absolute Gasteiger partial charge is 0.329 e. The molecule has 0 aliphatic carbocycles. The number of allylic oxidation sites excluding steroid dienone is 2. The summed E-state index contributed by atoms with van der Waals surface area (Å²) in [5.74, 6) is -0.714. The minimum absolute atomic E-state index is 0.108. The molecular weight excluding hydrogens is 406 g/mol. The highest BCUT2D eigenvalue weighted by molar-refractivity contribution is 5.79. The van der Waals surface area contributed by atoms with Gasteiger partial charge in [0.25, 0.3) is 0 Å². The average molecular weight is 444 g/mol. The molecule has 0 bridgehead atoms. The quantitative estimate of drug-likeness (QED) is 0.176. The zero-order valence-corrected chi connectivity index (χ0v) is 19.3. The van der Waals surface area contributed by atoms with Crippen molar-refractivity contribution in [2.24, 2.45) is 5.92 Å². The van der Waals surface area contributed by atoms with Gasteiger partial charge in [0.2, 0.25) is 6.41 Å². The highest BCUT2D eigenvalue weighted by atomic mass is 16.6. The van der Waals surface area contributed by atoms with E-state index in [1.54, 1.807) is 0 Å². The molecule has 6 nitrogen and oxygen atoms in total. The van der Waals surface area contributed by atoms with E-state index < -0.39 is 12.0 Å². The summed E-state index contributed by atoms with van der Waals surface area (Å²) in [4.78, 5) is 35.9. The molecule has 1 heterocycles. The maximum atomic E-state index is 12.9. The molecule has 4 atom stereocenters. The molecule has 0 radical (unpaired) electrons. The van der Waals surface area contributed by atoms with Crippen LogP contribution in [0.25, 0.3) is 0 Å². The first-order valence-electron chi connectivity index (χ1n) is 11.8. The molecule has 1 saturated heterocycles. The molecule has 32 heavy (non-hydrogen) atoms. The molecule has 0 aromatic heterocycles. The normalized spacial score (nSPS) is 19.6. The third kappa shape index (κ3) is 8.48. The molecule has 1 amide bonds. The van der Waals surface area contributed by atoms with Crippen molar-refractivity contribution in [1.29, 1.82) is 0 Å². The first kappa shape index (κ1) is 25.6. The predicted octanol–water partition coefficient (Wildman–Crippen LogP) is 4.51. The Balaban J connectivity index is 1.97. The van der Waals surface area contributed by atoms with Gasteiger partial charge in [-0.2, -0.15) is 0 Å². The lowest BCUT2D eigenvalue weighted by atomic mass is 9.86. The van der Waals surface area contributed by atoms with Crippen molar-refractivity contribution in [3.63, 3.8) is 0 Å². The Morgan fingerprint density at radius 3 is 2.66 bits per heavy atom. The van der Waals surface area contributed by atoms with Crippen molar-refractivity contribution in [2.45, 2.75) is 89.9 Å². The van der Waals surface area contributed by atoms with E-state index in [9.17, 15) is 14.4 Å². The van der Waals surface area contributed by atoms with E-state index in [0.29, 0.717) is 25.7 Å². The summed E-state index contributed by atoms with van der Waals surface area (Å²) in [5.41, 5.74) is 0.939. The van der Waals surface area contributed by atoms with Gasteiger partial charge in [-0.3, -0.25) is 9.59 Å². The van der Waals surface area contributed by atoms with Gasteiger partial charge in [-0.1, -0.05) is 75.1 Å². The van der Waals surface area contributed by atoms with Crippen LogP contribution in [-0.2, 0) is 30.3 Å². The van der Waals surface area contributed by atoms with Crippen LogP contribution in [0, 0.1) is 5.92 Å². The van der Waals surface area contributed by atoms with E-state index in [1.807, 2.05) is 49.4 Å². The maximum absolute atomic E-state index is 12.9. The number of rotatable bonds is 16. The van der Waals surface area contributed by atoms with Gasteiger partial charge in [-0.05, 0) is 31.7 Å². The van der Waals surface area contributed by atoms with Crippen molar-refractivity contribution >= 4 is 18.3 Å². The molecule has 1 aliphatic heterocycles. The molecule has 1 fully saturated rings. The van der Waals surface area contributed by atoms with Crippen LogP contribution in [0.1, 0.15) is 70.8 Å². The fraction of sp³-hybridized carbons (Fsp3) is 0.577. The summed E-state index contributed by atoms with van der Waals surface area (Å²) in [6, 6.07) is 8.75. The van der Waals surface area contributed by atoms with Gasteiger partial charge in [0.1, 0.15) is 18.2 Å². The number of unbranched alkanes of at least 4 members (excludes halogenated alkanes) is 3. The highest BCUT2D eigenvalue weighted by Crippen LogP contribution is 2.32. The fourth-order valence-electron chi connectivity index (χ4n) is 4.03. The monoisotopic (exact) mass is 443 g/mol. The van der Waals surface area contributed by atoms with Gasteiger partial charge in [0.05, 0.1) is 5.92 Å². The van der Waals surface area contributed by atoms with E-state index >= 15 is 0 Å². The number of hydrogen-bond acceptors (Lipinski definition) is 5. The first-order valence-corrected chi connectivity index (χ1v) is 11.8. The lowest BCUT2D eigenvalue weighted by molar-refractivity contribution is -0.190. The van der Waals surface area contributed by atoms with Gasteiger partial charge in [0.15, 0.2) is 0 Å². The Kier molecular flexibility index (Phi) is 11.6. The molecule has 1 aliphatic rings. The molecule has 2 unspecified atom stereocenters. The van der Waals surface area contributed by atoms with Gasteiger partial charge in [-0.15, -0.1) is 0 Å². The largest absolute Gasteiger partial charge is 0.461 e. The second-order valence-corrected chi connectivity index (χ2v) is 8.40. The van der Waals surface area contributed by atoms with Crippen LogP contribution in [0.5, 0.6) is 0 Å². The molecule has 0 saturated carbocycles. The van der Waals surface area contributed by atoms with Crippen LogP contribution in [0.4, 0.5) is 0 Å². The zero-order valence-electron chi connectivity index (χ0n) is 19.3. The SMILES string of the molecule is CC=CCCC(C[C@@H]1OC(=O)[C@H]1CCCCCC)OC(=O)C(Cc1ccccc1)NC=O. The van der Waals surface area contributed by atoms with Crippen molar-refractivity contribution in [2.75, 3.05) is 0 Å². The Morgan fingerprint density at radius 2 is 2.00 bits per heavy atom. The molecule has 0 spiro atoms. The van der Waals surface area contributed by atoms with Crippen LogP contribution >= 0.6 is 0 Å². The van der Waals surface area contributed by atoms with Crippen molar-refractivity contribution in [3.05, 3.63) is 48.0 Å². The molecule has 1 N–H and O–H groups in total. The van der Waals surface area contributed by atoms with Gasteiger partial charge >= 0.3 is 11.9 Å². The van der Waals surface area contributed by atoms with E-state index in [2.05, 4.69) is 12.2 Å². The minimum Gasteiger partial charge on any atom is -0.461 e. The number of hydrogen-bond donors (Lipinski definition) is 1. The summed E-state index contributed by atoms with van der Waals surface area (Å²) < 4.78 is 11.2. The number of ether oxygens (including phenoxy) is 2. The summed E-state index contributed by atoms with van der Waals surface area (Å²) >= 11 is 0. The van der Waals surface area contributed by atoms with Gasteiger partial charge in [-0.25, -0.2) is 4.79 Å². The molecular formula is C26H37NO5. The standard InChI is InChI=1S/C26H37NO5/c1-3-5-7-12-16-22-24(32-25(22)29)18-21(15-9-6-4-2)31-26(30)23(27-19-28)17-20-13-10-8-11-14-20/h4,6,8,10-11,13-14,19,21-24H,3,5,7,9,12,15-18H2,1-2H3,(H,27,28)/t21?,22-,23?,24-/m0/s1. The summed E-state index contributed by atoms with van der Waals surface area (Å²) in [6.07, 6.45) is 11.5. The second kappa shape index (κ2) is 14.4. The topological polar surface area (TPSA) is 81.7 Å². The number of carbonyl (C=O) groups excluding carboxylic acids is 3. The predicted molar refractivity (Wildman–Crippen MR) is 124 cm³/mol. The minimum atomic E-state index is -0.757. The van der Waals surface area contributed by atoms with Crippen LogP contribution in [0.3, 0.4) is 0 Å². The Labute approximate surface area is 191 Å². The third-order valence-corrected chi connectivity index (χ3v) is 5.89. The lowest BCUT2D eigenvalue weighted by Crippen LogP contribution is -2.48. The number of carbonyl (C=O) groups is 3. The highest BCUT2D eigenvalue weighted by Gasteiger charge is 2.43. The van der Waals surface area contributed by atoms with E-state index in [0.717, 1.165) is 37.7 Å². The summed E-state index contributed by atoms with van der Waals surface area (Å²) in [6.45, 7) is 4.11. The Hall–Kier alpha value is -2.63. The fourth-order valence-corrected chi connectivity index (χ4v) is 4.03. The zero-order chi connectivity index (χ0) is 23.2. The van der Waals surface area contributed by atoms with E-state index in [1.165, 1.54) is 6.42 Å². The van der Waals surface area contributed by atoms with Crippen molar-refractivity contribution < 1.29 is 23.9 Å². The maximum Gasteiger partial charge on any atom is 0.329 e. The summed E-state index contributed by atoms with van der Waals surface area (Å²) in [7, 11) is 0. The van der Waals surface area contributed by atoms with Crippen LogP contribution in [0.2, 0.25) is 0 Å².